The number of aliphatic hydroxyl groups excluding tert-OH is 1. The smallest absolute Gasteiger partial charge is 0.326 e. The van der Waals surface area contributed by atoms with Crippen molar-refractivity contribution in [2.75, 3.05) is 6.61 Å². The minimum Gasteiger partial charge on any atom is -0.480 e. The summed E-state index contributed by atoms with van der Waals surface area (Å²) in [4.78, 5) is 32.4. The number of nitro benzene ring substituents is 1. The molecule has 4 N–H and O–H groups in total. The molecule has 0 fully saturated rings. The van der Waals surface area contributed by atoms with Gasteiger partial charge in [-0.25, -0.2) is 9.59 Å². The van der Waals surface area contributed by atoms with Crippen molar-refractivity contribution >= 4 is 17.7 Å². The maximum absolute atomic E-state index is 11.5. The van der Waals surface area contributed by atoms with Crippen molar-refractivity contribution in [2.45, 2.75) is 19.0 Å². The first kappa shape index (κ1) is 16.4. The van der Waals surface area contributed by atoms with Crippen LogP contribution in [0.2, 0.25) is 0 Å². The average Bonchev–Trinajstić information content (AvgIpc) is 2.45. The van der Waals surface area contributed by atoms with Crippen LogP contribution in [0.5, 0.6) is 0 Å². The second-order valence-electron chi connectivity index (χ2n) is 4.16. The molecular formula is C12H15N3O6. The first-order valence-corrected chi connectivity index (χ1v) is 6.05. The molecule has 0 spiro atoms. The van der Waals surface area contributed by atoms with Crippen LogP contribution in [0.25, 0.3) is 0 Å². The molecule has 0 bridgehead atoms. The van der Waals surface area contributed by atoms with Gasteiger partial charge in [0.15, 0.2) is 0 Å². The molecule has 9 heteroatoms. The third-order valence-electron chi connectivity index (χ3n) is 2.60. The van der Waals surface area contributed by atoms with E-state index in [4.69, 9.17) is 10.2 Å². The fourth-order valence-electron chi connectivity index (χ4n) is 1.56. The molecule has 21 heavy (non-hydrogen) atoms. The van der Waals surface area contributed by atoms with E-state index >= 15 is 0 Å². The SMILES string of the molecule is O=C(NCc1cccc([N+](=O)[O-])c1)N[C@@H](CCO)C(=O)O. The predicted octanol–water partition coefficient (Wildman–Crippen LogP) is 0.230. The Kier molecular flexibility index (Phi) is 6.08. The number of benzene rings is 1. The average molecular weight is 297 g/mol. The number of nitrogens with zero attached hydrogens (tertiary/aromatic N) is 1. The number of amides is 2. The Bertz CT molecular complexity index is 533. The highest BCUT2D eigenvalue weighted by Crippen LogP contribution is 2.12. The zero-order valence-corrected chi connectivity index (χ0v) is 11.0. The molecule has 1 aromatic rings. The predicted molar refractivity (Wildman–Crippen MR) is 71.6 cm³/mol. The molecule has 9 nitrogen and oxygen atoms in total. The highest BCUT2D eigenvalue weighted by atomic mass is 16.6. The van der Waals surface area contributed by atoms with Crippen molar-refractivity contribution in [1.29, 1.82) is 0 Å². The van der Waals surface area contributed by atoms with Gasteiger partial charge in [-0.15, -0.1) is 0 Å². The number of rotatable bonds is 7. The maximum atomic E-state index is 11.5. The maximum Gasteiger partial charge on any atom is 0.326 e. The van der Waals surface area contributed by atoms with E-state index in [2.05, 4.69) is 10.6 Å². The Morgan fingerprint density at radius 2 is 2.10 bits per heavy atom. The standard InChI is InChI=1S/C12H15N3O6/c16-5-4-10(11(17)18)14-12(19)13-7-8-2-1-3-9(6-8)15(20)21/h1-3,6,10,16H,4-5,7H2,(H,17,18)(H2,13,14,19)/t10-/m0/s1. The summed E-state index contributed by atoms with van der Waals surface area (Å²) in [6.07, 6.45) is -0.112. The fourth-order valence-corrected chi connectivity index (χ4v) is 1.56. The Labute approximate surface area is 119 Å². The summed E-state index contributed by atoms with van der Waals surface area (Å²) in [6.45, 7) is -0.360. The van der Waals surface area contributed by atoms with Crippen LogP contribution in [-0.4, -0.2) is 39.8 Å². The summed E-state index contributed by atoms with van der Waals surface area (Å²) in [6, 6.07) is 3.78. The first-order valence-electron chi connectivity index (χ1n) is 6.05. The number of carbonyl (C=O) groups is 2. The third-order valence-corrected chi connectivity index (χ3v) is 2.60. The van der Waals surface area contributed by atoms with Crippen LogP contribution in [-0.2, 0) is 11.3 Å². The lowest BCUT2D eigenvalue weighted by atomic mass is 10.2. The zero-order chi connectivity index (χ0) is 15.8. The second kappa shape index (κ2) is 7.80. The van der Waals surface area contributed by atoms with Gasteiger partial charge in [0.2, 0.25) is 0 Å². The summed E-state index contributed by atoms with van der Waals surface area (Å²) in [7, 11) is 0. The van der Waals surface area contributed by atoms with Crippen LogP contribution in [0, 0.1) is 10.1 Å². The van der Waals surface area contributed by atoms with Crippen LogP contribution >= 0.6 is 0 Å². The van der Waals surface area contributed by atoms with Crippen molar-refractivity contribution < 1.29 is 24.7 Å². The van der Waals surface area contributed by atoms with E-state index in [9.17, 15) is 19.7 Å². The minimum absolute atomic E-state index is 0.0129. The third kappa shape index (κ3) is 5.45. The summed E-state index contributed by atoms with van der Waals surface area (Å²) in [5.41, 5.74) is 0.409. The number of aliphatic hydroxyl groups is 1. The van der Waals surface area contributed by atoms with E-state index in [1.165, 1.54) is 18.2 Å². The number of urea groups is 1. The van der Waals surface area contributed by atoms with Crippen LogP contribution < -0.4 is 10.6 Å². The van der Waals surface area contributed by atoms with Crippen molar-refractivity contribution in [1.82, 2.24) is 10.6 Å². The van der Waals surface area contributed by atoms with E-state index in [0.29, 0.717) is 5.56 Å². The van der Waals surface area contributed by atoms with E-state index in [-0.39, 0.29) is 25.3 Å². The molecule has 0 saturated carbocycles. The molecule has 0 aliphatic carbocycles. The van der Waals surface area contributed by atoms with E-state index < -0.39 is 23.0 Å². The molecule has 1 atom stereocenters. The molecule has 0 aromatic heterocycles. The first-order chi connectivity index (χ1) is 9.93. The van der Waals surface area contributed by atoms with Gasteiger partial charge in [0.1, 0.15) is 6.04 Å². The number of carboxylic acids is 1. The van der Waals surface area contributed by atoms with Crippen molar-refractivity contribution in [3.8, 4) is 0 Å². The van der Waals surface area contributed by atoms with Gasteiger partial charge in [-0.2, -0.15) is 0 Å². The van der Waals surface area contributed by atoms with Gasteiger partial charge < -0.3 is 20.8 Å². The van der Waals surface area contributed by atoms with Gasteiger partial charge >= 0.3 is 12.0 Å². The van der Waals surface area contributed by atoms with E-state index in [1.54, 1.807) is 6.07 Å². The number of carbonyl (C=O) groups excluding carboxylic acids is 1. The van der Waals surface area contributed by atoms with Gasteiger partial charge in [0.25, 0.3) is 5.69 Å². The molecule has 1 aromatic carbocycles. The Morgan fingerprint density at radius 1 is 1.38 bits per heavy atom. The molecule has 0 radical (unpaired) electrons. The van der Waals surface area contributed by atoms with Gasteiger partial charge in [-0.05, 0) is 5.56 Å². The fraction of sp³-hybridized carbons (Fsp3) is 0.333. The number of aliphatic carboxylic acids is 1. The summed E-state index contributed by atoms with van der Waals surface area (Å²) in [5, 5.41) is 32.7. The zero-order valence-electron chi connectivity index (χ0n) is 11.0. The topological polar surface area (TPSA) is 142 Å². The lowest BCUT2D eigenvalue weighted by molar-refractivity contribution is -0.384. The highest BCUT2D eigenvalue weighted by molar-refractivity contribution is 5.82. The molecule has 1 rings (SSSR count). The number of hydrogen-bond acceptors (Lipinski definition) is 5. The number of carboxylic acid groups (broad SMARTS) is 1. The molecular weight excluding hydrogens is 282 g/mol. The van der Waals surface area contributed by atoms with Crippen LogP contribution in [0.4, 0.5) is 10.5 Å². The lowest BCUT2D eigenvalue weighted by Crippen LogP contribution is -2.46. The number of nitro groups is 1. The largest absolute Gasteiger partial charge is 0.480 e. The Balaban J connectivity index is 2.54. The number of nitrogens with one attached hydrogen (secondary N) is 2. The lowest BCUT2D eigenvalue weighted by Gasteiger charge is -2.14. The molecule has 0 saturated heterocycles. The molecule has 114 valence electrons. The Hall–Kier alpha value is -2.68. The monoisotopic (exact) mass is 297 g/mol. The van der Waals surface area contributed by atoms with Crippen LogP contribution in [0.15, 0.2) is 24.3 Å². The minimum atomic E-state index is -1.26. The van der Waals surface area contributed by atoms with Gasteiger partial charge in [-0.1, -0.05) is 12.1 Å². The number of hydrogen-bond donors (Lipinski definition) is 4. The second-order valence-corrected chi connectivity index (χ2v) is 4.16. The number of non-ortho nitro benzene ring substituents is 1. The molecule has 0 aliphatic rings. The molecule has 0 aliphatic heterocycles. The molecule has 0 unspecified atom stereocenters. The quantitative estimate of drug-likeness (QED) is 0.419. The molecule has 2 amide bonds. The van der Waals surface area contributed by atoms with Gasteiger partial charge in [0.05, 0.1) is 4.92 Å². The summed E-state index contributed by atoms with van der Waals surface area (Å²) >= 11 is 0. The van der Waals surface area contributed by atoms with Crippen molar-refractivity contribution in [3.63, 3.8) is 0 Å². The summed E-state index contributed by atoms with van der Waals surface area (Å²) < 4.78 is 0. The molecule has 0 heterocycles. The highest BCUT2D eigenvalue weighted by Gasteiger charge is 2.18. The van der Waals surface area contributed by atoms with E-state index in [0.717, 1.165) is 0 Å². The van der Waals surface area contributed by atoms with E-state index in [1.807, 2.05) is 0 Å². The van der Waals surface area contributed by atoms with Gasteiger partial charge in [-0.3, -0.25) is 10.1 Å². The normalized spacial score (nSPS) is 11.5. The van der Waals surface area contributed by atoms with Crippen molar-refractivity contribution in [2.24, 2.45) is 0 Å². The van der Waals surface area contributed by atoms with Gasteiger partial charge in [0, 0.05) is 31.7 Å². The van der Waals surface area contributed by atoms with Crippen LogP contribution in [0.1, 0.15) is 12.0 Å². The Morgan fingerprint density at radius 3 is 2.67 bits per heavy atom. The summed E-state index contributed by atoms with van der Waals surface area (Å²) in [5.74, 6) is -1.26. The van der Waals surface area contributed by atoms with Crippen LogP contribution in [0.3, 0.4) is 0 Å². The van der Waals surface area contributed by atoms with Crippen molar-refractivity contribution in [3.05, 3.63) is 39.9 Å².